The summed E-state index contributed by atoms with van der Waals surface area (Å²) in [5.74, 6) is -0.461. The van der Waals surface area contributed by atoms with Crippen LogP contribution in [-0.2, 0) is 6.54 Å². The topological polar surface area (TPSA) is 51.0 Å². The maximum absolute atomic E-state index is 13.3. The highest BCUT2D eigenvalue weighted by atomic mass is 35.5. The molecule has 0 fully saturated rings. The molecule has 0 aliphatic carbocycles. The number of carbonyl (C=O) groups excluding carboxylic acids is 1. The van der Waals surface area contributed by atoms with Gasteiger partial charge in [-0.15, -0.1) is 10.2 Å². The summed E-state index contributed by atoms with van der Waals surface area (Å²) in [6.45, 7) is 0.362. The predicted molar refractivity (Wildman–Crippen MR) is 101 cm³/mol. The van der Waals surface area contributed by atoms with Crippen molar-refractivity contribution >= 4 is 29.1 Å². The van der Waals surface area contributed by atoms with Crippen LogP contribution < -0.4 is 0 Å². The highest BCUT2D eigenvalue weighted by Crippen LogP contribution is 2.36. The second-order valence-electron chi connectivity index (χ2n) is 6.28. The number of alkyl halides is 2. The number of carbonyl (C=O) groups is 1. The molecule has 1 amide bonds. The van der Waals surface area contributed by atoms with Crippen molar-refractivity contribution in [1.29, 1.82) is 0 Å². The number of amides is 1. The normalized spacial score (nSPS) is 16.3. The quantitative estimate of drug-likeness (QED) is 0.610. The molecule has 144 valence electrons. The number of nitrogens with zero attached hydrogens (tertiary/aromatic N) is 4. The Morgan fingerprint density at radius 2 is 1.79 bits per heavy atom. The van der Waals surface area contributed by atoms with Crippen molar-refractivity contribution in [2.45, 2.75) is 19.0 Å². The molecule has 2 heterocycles. The zero-order valence-corrected chi connectivity index (χ0v) is 15.9. The third-order valence-electron chi connectivity index (χ3n) is 4.68. The molecular weight excluding hydrogens is 409 g/mol. The summed E-state index contributed by atoms with van der Waals surface area (Å²) in [6, 6.07) is 13.2. The monoisotopic (exact) mass is 422 g/mol. The number of halogens is 4. The van der Waals surface area contributed by atoms with Crippen LogP contribution >= 0.6 is 23.2 Å². The fraction of sp³-hybridized carbons (Fsp3) is 0.211. The van der Waals surface area contributed by atoms with Crippen molar-refractivity contribution < 1.29 is 13.6 Å². The summed E-state index contributed by atoms with van der Waals surface area (Å²) < 4.78 is 28.0. The highest BCUT2D eigenvalue weighted by molar-refractivity contribution is 6.43. The third kappa shape index (κ3) is 3.14. The van der Waals surface area contributed by atoms with E-state index in [1.54, 1.807) is 23.1 Å². The Labute approximate surface area is 169 Å². The predicted octanol–water partition coefficient (Wildman–Crippen LogP) is 4.77. The van der Waals surface area contributed by atoms with Gasteiger partial charge in [-0.2, -0.15) is 0 Å². The molecule has 3 aromatic rings. The van der Waals surface area contributed by atoms with Gasteiger partial charge in [0.15, 0.2) is 11.6 Å². The molecule has 9 heteroatoms. The van der Waals surface area contributed by atoms with Gasteiger partial charge < -0.3 is 9.47 Å². The maximum atomic E-state index is 13.3. The average molecular weight is 423 g/mol. The first-order valence-corrected chi connectivity index (χ1v) is 9.25. The third-order valence-corrected chi connectivity index (χ3v) is 5.50. The lowest BCUT2D eigenvalue weighted by atomic mass is 10.0. The van der Waals surface area contributed by atoms with E-state index < -0.39 is 18.3 Å². The summed E-state index contributed by atoms with van der Waals surface area (Å²) >= 11 is 12.3. The standard InChI is InChI=1S/C19H14Cl2F2N4O/c20-13-8-4-7-12(14(13)21)19(28)26-9-10-27-17(24-25-18(27)16(22)23)15(26)11-5-2-1-3-6-11/h1-8,15-16H,9-10H2/t15-/m0/s1. The summed E-state index contributed by atoms with van der Waals surface area (Å²) in [7, 11) is 0. The van der Waals surface area contributed by atoms with Crippen molar-refractivity contribution in [2.24, 2.45) is 0 Å². The number of rotatable bonds is 3. The fourth-order valence-electron chi connectivity index (χ4n) is 3.40. The minimum absolute atomic E-state index is 0.154. The van der Waals surface area contributed by atoms with Gasteiger partial charge in [0.1, 0.15) is 6.04 Å². The molecule has 0 unspecified atom stereocenters. The van der Waals surface area contributed by atoms with Crippen molar-refractivity contribution in [1.82, 2.24) is 19.7 Å². The summed E-state index contributed by atoms with van der Waals surface area (Å²) in [5.41, 5.74) is 0.986. The van der Waals surface area contributed by atoms with Crippen LogP contribution in [0.4, 0.5) is 8.78 Å². The SMILES string of the molecule is O=C(c1cccc(Cl)c1Cl)N1CCn2c(C(F)F)nnc2[C@@H]1c1ccccc1. The van der Waals surface area contributed by atoms with E-state index in [0.29, 0.717) is 5.82 Å². The number of hydrogen-bond acceptors (Lipinski definition) is 3. The molecule has 1 aliphatic rings. The Morgan fingerprint density at radius 3 is 2.50 bits per heavy atom. The van der Waals surface area contributed by atoms with Crippen molar-refractivity contribution in [2.75, 3.05) is 6.54 Å². The molecule has 2 aromatic carbocycles. The zero-order valence-electron chi connectivity index (χ0n) is 14.4. The Kier molecular flexibility index (Phi) is 5.03. The number of aromatic nitrogens is 3. The minimum Gasteiger partial charge on any atom is -0.322 e. The molecule has 1 atom stereocenters. The van der Waals surface area contributed by atoms with E-state index in [0.717, 1.165) is 5.56 Å². The van der Waals surface area contributed by atoms with E-state index in [1.165, 1.54) is 4.57 Å². The lowest BCUT2D eigenvalue weighted by Crippen LogP contribution is -2.43. The van der Waals surface area contributed by atoms with Crippen LogP contribution in [0.1, 0.15) is 40.0 Å². The molecule has 0 saturated heterocycles. The van der Waals surface area contributed by atoms with Crippen LogP contribution in [-0.4, -0.2) is 32.1 Å². The molecule has 28 heavy (non-hydrogen) atoms. The Morgan fingerprint density at radius 1 is 1.04 bits per heavy atom. The number of fused-ring (bicyclic) bond motifs is 1. The van der Waals surface area contributed by atoms with E-state index in [-0.39, 0.29) is 34.6 Å². The zero-order chi connectivity index (χ0) is 19.8. The van der Waals surface area contributed by atoms with Crippen LogP contribution in [0.25, 0.3) is 0 Å². The van der Waals surface area contributed by atoms with Crippen molar-refractivity contribution in [3.05, 3.63) is 81.4 Å². The maximum Gasteiger partial charge on any atom is 0.297 e. The molecular formula is C19H14Cl2F2N4O. The van der Waals surface area contributed by atoms with Gasteiger partial charge in [-0.05, 0) is 17.7 Å². The van der Waals surface area contributed by atoms with Gasteiger partial charge in [-0.3, -0.25) is 4.79 Å². The lowest BCUT2D eigenvalue weighted by Gasteiger charge is -2.36. The molecule has 5 nitrogen and oxygen atoms in total. The summed E-state index contributed by atoms with van der Waals surface area (Å²) in [4.78, 5) is 14.8. The van der Waals surface area contributed by atoms with Gasteiger partial charge in [0.2, 0.25) is 0 Å². The van der Waals surface area contributed by atoms with Crippen LogP contribution in [0.3, 0.4) is 0 Å². The summed E-state index contributed by atoms with van der Waals surface area (Å²) in [6.07, 6.45) is -2.75. The van der Waals surface area contributed by atoms with Crippen molar-refractivity contribution in [3.63, 3.8) is 0 Å². The molecule has 0 saturated carbocycles. The molecule has 0 radical (unpaired) electrons. The molecule has 0 bridgehead atoms. The number of benzene rings is 2. The Hall–Kier alpha value is -2.51. The van der Waals surface area contributed by atoms with E-state index >= 15 is 0 Å². The van der Waals surface area contributed by atoms with Crippen LogP contribution in [0.2, 0.25) is 10.0 Å². The smallest absolute Gasteiger partial charge is 0.297 e. The second-order valence-corrected chi connectivity index (χ2v) is 7.07. The summed E-state index contributed by atoms with van der Waals surface area (Å²) in [5, 5.41) is 8.05. The molecule has 0 N–H and O–H groups in total. The van der Waals surface area contributed by atoms with Crippen molar-refractivity contribution in [3.8, 4) is 0 Å². The first kappa shape index (κ1) is 18.8. The van der Waals surface area contributed by atoms with Gasteiger partial charge >= 0.3 is 0 Å². The van der Waals surface area contributed by atoms with Crippen LogP contribution in [0.15, 0.2) is 48.5 Å². The Bertz CT molecular complexity index is 1030. The van der Waals surface area contributed by atoms with E-state index in [2.05, 4.69) is 10.2 Å². The van der Waals surface area contributed by atoms with Crippen LogP contribution in [0.5, 0.6) is 0 Å². The molecule has 1 aromatic heterocycles. The van der Waals surface area contributed by atoms with Gasteiger partial charge in [0.25, 0.3) is 12.3 Å². The first-order valence-electron chi connectivity index (χ1n) is 8.50. The molecule has 4 rings (SSSR count). The largest absolute Gasteiger partial charge is 0.322 e. The van der Waals surface area contributed by atoms with Gasteiger partial charge in [0.05, 0.1) is 15.6 Å². The molecule has 0 spiro atoms. The van der Waals surface area contributed by atoms with E-state index in [1.807, 2.05) is 30.3 Å². The van der Waals surface area contributed by atoms with Gasteiger partial charge in [-0.1, -0.05) is 59.6 Å². The number of hydrogen-bond donors (Lipinski definition) is 0. The van der Waals surface area contributed by atoms with E-state index in [4.69, 9.17) is 23.2 Å². The van der Waals surface area contributed by atoms with Gasteiger partial charge in [-0.25, -0.2) is 8.78 Å². The second kappa shape index (κ2) is 7.48. The van der Waals surface area contributed by atoms with Gasteiger partial charge in [0, 0.05) is 13.1 Å². The first-order chi connectivity index (χ1) is 13.5. The fourth-order valence-corrected chi connectivity index (χ4v) is 3.79. The van der Waals surface area contributed by atoms with Crippen LogP contribution in [0, 0.1) is 0 Å². The average Bonchev–Trinajstić information content (AvgIpc) is 3.14. The molecule has 1 aliphatic heterocycles. The van der Waals surface area contributed by atoms with E-state index in [9.17, 15) is 13.6 Å². The minimum atomic E-state index is -2.75. The highest BCUT2D eigenvalue weighted by Gasteiger charge is 2.37. The Balaban J connectivity index is 1.82. The lowest BCUT2D eigenvalue weighted by molar-refractivity contribution is 0.0648.